The lowest BCUT2D eigenvalue weighted by atomic mass is 10.1. The van der Waals surface area contributed by atoms with E-state index in [-0.39, 0.29) is 5.82 Å². The van der Waals surface area contributed by atoms with Crippen LogP contribution in [0, 0.1) is 12.7 Å². The van der Waals surface area contributed by atoms with E-state index in [0.717, 1.165) is 23.1 Å². The van der Waals surface area contributed by atoms with E-state index in [2.05, 4.69) is 0 Å². The third-order valence-corrected chi connectivity index (χ3v) is 2.77. The number of hydrogen-bond acceptors (Lipinski definition) is 1. The van der Waals surface area contributed by atoms with Crippen LogP contribution in [0.2, 0.25) is 0 Å². The van der Waals surface area contributed by atoms with Gasteiger partial charge < -0.3 is 4.57 Å². The fourth-order valence-corrected chi connectivity index (χ4v) is 1.78. The third-order valence-electron chi connectivity index (χ3n) is 2.77. The zero-order chi connectivity index (χ0) is 11.7. The number of benzene rings is 1. The van der Waals surface area contributed by atoms with E-state index in [1.54, 1.807) is 16.7 Å². The van der Waals surface area contributed by atoms with Crippen molar-refractivity contribution >= 4 is 6.29 Å². The molecule has 0 saturated heterocycles. The number of nitrogens with zero attached hydrogens (tertiary/aromatic N) is 1. The van der Waals surface area contributed by atoms with Crippen LogP contribution in [0.15, 0.2) is 30.3 Å². The number of aldehydes is 1. The van der Waals surface area contributed by atoms with Crippen LogP contribution in [-0.4, -0.2) is 10.9 Å². The third kappa shape index (κ3) is 1.65. The molecule has 2 nitrogen and oxygen atoms in total. The van der Waals surface area contributed by atoms with Crippen LogP contribution in [-0.2, 0) is 7.05 Å². The lowest BCUT2D eigenvalue weighted by Gasteiger charge is -2.01. The highest BCUT2D eigenvalue weighted by Gasteiger charge is 2.11. The number of halogens is 1. The summed E-state index contributed by atoms with van der Waals surface area (Å²) in [5, 5.41) is 0. The van der Waals surface area contributed by atoms with Crippen LogP contribution in [0.25, 0.3) is 11.1 Å². The topological polar surface area (TPSA) is 22.0 Å². The van der Waals surface area contributed by atoms with Gasteiger partial charge in [-0.2, -0.15) is 0 Å². The molecule has 0 aliphatic rings. The summed E-state index contributed by atoms with van der Waals surface area (Å²) in [6.07, 6.45) is 0.799. The smallest absolute Gasteiger partial charge is 0.167 e. The maximum atomic E-state index is 13.1. The Balaban J connectivity index is 2.64. The standard InChI is InChI=1S/C13H12FNO/c1-9-6-12(13(8-16)15(9)2)10-4-3-5-11(14)7-10/h3-8H,1-2H3. The maximum Gasteiger partial charge on any atom is 0.167 e. The molecule has 3 heteroatoms. The second kappa shape index (κ2) is 3.93. The summed E-state index contributed by atoms with van der Waals surface area (Å²) in [5.74, 6) is -0.296. The van der Waals surface area contributed by atoms with Gasteiger partial charge in [0.1, 0.15) is 5.82 Å². The van der Waals surface area contributed by atoms with Gasteiger partial charge in [-0.1, -0.05) is 12.1 Å². The zero-order valence-corrected chi connectivity index (χ0v) is 9.20. The number of rotatable bonds is 2. The lowest BCUT2D eigenvalue weighted by Crippen LogP contribution is -1.97. The molecular weight excluding hydrogens is 205 g/mol. The van der Waals surface area contributed by atoms with E-state index in [1.807, 2.05) is 20.0 Å². The van der Waals surface area contributed by atoms with Crippen molar-refractivity contribution in [2.24, 2.45) is 7.05 Å². The number of aryl methyl sites for hydroxylation is 1. The molecule has 0 bridgehead atoms. The van der Waals surface area contributed by atoms with Gasteiger partial charge in [-0.25, -0.2) is 4.39 Å². The van der Waals surface area contributed by atoms with Gasteiger partial charge in [-0.05, 0) is 30.7 Å². The SMILES string of the molecule is Cc1cc(-c2cccc(F)c2)c(C=O)n1C. The fourth-order valence-electron chi connectivity index (χ4n) is 1.78. The van der Waals surface area contributed by atoms with Crippen molar-refractivity contribution in [1.82, 2.24) is 4.57 Å². The summed E-state index contributed by atoms with van der Waals surface area (Å²) in [6, 6.07) is 8.15. The highest BCUT2D eigenvalue weighted by molar-refractivity contribution is 5.86. The van der Waals surface area contributed by atoms with Gasteiger partial charge in [0, 0.05) is 18.3 Å². The first-order chi connectivity index (χ1) is 7.63. The minimum Gasteiger partial charge on any atom is -0.345 e. The Bertz CT molecular complexity index is 543. The molecule has 16 heavy (non-hydrogen) atoms. The van der Waals surface area contributed by atoms with Crippen molar-refractivity contribution in [1.29, 1.82) is 0 Å². The molecular formula is C13H12FNO. The van der Waals surface area contributed by atoms with Gasteiger partial charge in [-0.3, -0.25) is 4.79 Å². The first-order valence-corrected chi connectivity index (χ1v) is 5.01. The summed E-state index contributed by atoms with van der Waals surface area (Å²) in [6.45, 7) is 1.91. The van der Waals surface area contributed by atoms with E-state index >= 15 is 0 Å². The van der Waals surface area contributed by atoms with Crippen LogP contribution in [0.5, 0.6) is 0 Å². The second-order valence-corrected chi connectivity index (χ2v) is 3.77. The summed E-state index contributed by atoms with van der Waals surface area (Å²) in [4.78, 5) is 11.0. The Morgan fingerprint density at radius 2 is 2.06 bits per heavy atom. The van der Waals surface area contributed by atoms with E-state index in [0.29, 0.717) is 5.69 Å². The molecule has 2 rings (SSSR count). The average Bonchev–Trinajstić information content (AvgIpc) is 2.55. The summed E-state index contributed by atoms with van der Waals surface area (Å²) >= 11 is 0. The molecule has 0 atom stereocenters. The first-order valence-electron chi connectivity index (χ1n) is 5.01. The van der Waals surface area contributed by atoms with Crippen molar-refractivity contribution in [2.45, 2.75) is 6.92 Å². The van der Waals surface area contributed by atoms with E-state index in [1.165, 1.54) is 12.1 Å². The van der Waals surface area contributed by atoms with Gasteiger partial charge in [0.05, 0.1) is 5.69 Å². The second-order valence-electron chi connectivity index (χ2n) is 3.77. The fraction of sp³-hybridized carbons (Fsp3) is 0.154. The molecule has 82 valence electrons. The van der Waals surface area contributed by atoms with E-state index in [4.69, 9.17) is 0 Å². The van der Waals surface area contributed by atoms with Crippen LogP contribution in [0.4, 0.5) is 4.39 Å². The van der Waals surface area contributed by atoms with Gasteiger partial charge in [0.2, 0.25) is 0 Å². The normalized spacial score (nSPS) is 10.4. The molecule has 1 heterocycles. The monoisotopic (exact) mass is 217 g/mol. The lowest BCUT2D eigenvalue weighted by molar-refractivity contribution is 0.111. The van der Waals surface area contributed by atoms with E-state index < -0.39 is 0 Å². The van der Waals surface area contributed by atoms with Crippen molar-refractivity contribution in [3.8, 4) is 11.1 Å². The zero-order valence-electron chi connectivity index (χ0n) is 9.20. The Morgan fingerprint density at radius 1 is 1.31 bits per heavy atom. The van der Waals surface area contributed by atoms with Crippen LogP contribution in [0.1, 0.15) is 16.2 Å². The quantitative estimate of drug-likeness (QED) is 0.709. The van der Waals surface area contributed by atoms with Crippen molar-refractivity contribution in [3.63, 3.8) is 0 Å². The maximum absolute atomic E-state index is 13.1. The van der Waals surface area contributed by atoms with Crippen molar-refractivity contribution in [3.05, 3.63) is 47.5 Å². The predicted molar refractivity (Wildman–Crippen MR) is 60.9 cm³/mol. The summed E-state index contributed by atoms with van der Waals surface area (Å²) in [7, 11) is 1.82. The van der Waals surface area contributed by atoms with Gasteiger partial charge in [0.15, 0.2) is 6.29 Å². The molecule has 0 aliphatic carbocycles. The molecule has 0 unspecified atom stereocenters. The Kier molecular flexibility index (Phi) is 2.60. The van der Waals surface area contributed by atoms with Gasteiger partial charge >= 0.3 is 0 Å². The molecule has 1 aromatic heterocycles. The van der Waals surface area contributed by atoms with Gasteiger partial charge in [-0.15, -0.1) is 0 Å². The number of carbonyl (C=O) groups excluding carboxylic acids is 1. The first kappa shape index (κ1) is 10.6. The molecule has 0 fully saturated rings. The molecule has 0 radical (unpaired) electrons. The van der Waals surface area contributed by atoms with Crippen molar-refractivity contribution in [2.75, 3.05) is 0 Å². The van der Waals surface area contributed by atoms with Crippen LogP contribution in [0.3, 0.4) is 0 Å². The van der Waals surface area contributed by atoms with Crippen molar-refractivity contribution < 1.29 is 9.18 Å². The van der Waals surface area contributed by atoms with E-state index in [9.17, 15) is 9.18 Å². The molecule has 0 N–H and O–H groups in total. The minimum absolute atomic E-state index is 0.296. The molecule has 0 aliphatic heterocycles. The van der Waals surface area contributed by atoms with Crippen LogP contribution < -0.4 is 0 Å². The molecule has 1 aromatic carbocycles. The average molecular weight is 217 g/mol. The Morgan fingerprint density at radius 3 is 2.69 bits per heavy atom. The highest BCUT2D eigenvalue weighted by Crippen LogP contribution is 2.26. The minimum atomic E-state index is -0.296. The van der Waals surface area contributed by atoms with Gasteiger partial charge in [0.25, 0.3) is 0 Å². The number of hydrogen-bond donors (Lipinski definition) is 0. The Hall–Kier alpha value is -1.90. The summed E-state index contributed by atoms with van der Waals surface area (Å²) < 4.78 is 14.9. The molecule has 0 amide bonds. The molecule has 0 spiro atoms. The highest BCUT2D eigenvalue weighted by atomic mass is 19.1. The largest absolute Gasteiger partial charge is 0.345 e. The van der Waals surface area contributed by atoms with Crippen LogP contribution >= 0.6 is 0 Å². The Labute approximate surface area is 93.3 Å². The summed E-state index contributed by atoms with van der Waals surface area (Å²) in [5.41, 5.74) is 3.05. The number of carbonyl (C=O) groups is 1. The number of aromatic nitrogens is 1. The molecule has 2 aromatic rings. The predicted octanol–water partition coefficient (Wildman–Crippen LogP) is 2.95. The molecule has 0 saturated carbocycles.